The van der Waals surface area contributed by atoms with Crippen molar-refractivity contribution in [1.82, 2.24) is 0 Å². The molecule has 0 spiro atoms. The minimum absolute atomic E-state index is 0. The van der Waals surface area contributed by atoms with Gasteiger partial charge in [0.15, 0.2) is 0 Å². The predicted octanol–water partition coefficient (Wildman–Crippen LogP) is -1.10. The maximum absolute atomic E-state index is 4.80. The van der Waals surface area contributed by atoms with Gasteiger partial charge in [0, 0.05) is 0 Å². The van der Waals surface area contributed by atoms with Gasteiger partial charge in [-0.05, 0) is 0 Å². The van der Waals surface area contributed by atoms with Crippen molar-refractivity contribution in [3.63, 3.8) is 0 Å². The fourth-order valence-electron chi connectivity index (χ4n) is 0. The Morgan fingerprint density at radius 2 is 0.833 bits per heavy atom. The van der Waals surface area contributed by atoms with Gasteiger partial charge in [0.1, 0.15) is 0 Å². The molecule has 0 aliphatic carbocycles. The molecule has 0 radical (unpaired) electrons. The average Bonchev–Trinajstić information content (AvgIpc) is 0.918. The van der Waals surface area contributed by atoms with Crippen LogP contribution in [0, 0.1) is 0 Å². The third-order valence-electron chi connectivity index (χ3n) is 0. The van der Waals surface area contributed by atoms with Crippen LogP contribution < -0.4 is 0 Å². The summed E-state index contributed by atoms with van der Waals surface area (Å²) in [4.78, 5) is 0. The molecule has 6 heteroatoms. The first-order chi connectivity index (χ1) is 1.41. The molecule has 0 aromatic rings. The first-order valence-corrected chi connectivity index (χ1v) is 3.53. The zero-order chi connectivity index (χ0) is 2.71. The van der Waals surface area contributed by atoms with Gasteiger partial charge in [0.25, 0.3) is 0 Å². The monoisotopic (exact) mass is 179 g/mol. The third kappa shape index (κ3) is 82.2. The molecule has 0 aromatic heterocycles. The van der Waals surface area contributed by atoms with E-state index in [1.165, 1.54) is 0 Å². The zero-order valence-corrected chi connectivity index (χ0v) is 5.33. The van der Waals surface area contributed by atoms with Gasteiger partial charge in [0.05, 0.1) is 0 Å². The number of hydrogen-bond acceptors (Lipinski definition) is 0. The number of halogens is 2. The molecule has 0 bridgehead atoms. The Morgan fingerprint density at radius 3 is 0.833 bits per heavy atom. The van der Waals surface area contributed by atoms with Gasteiger partial charge in [-0.15, -0.1) is 0 Å². The van der Waals surface area contributed by atoms with E-state index < -0.39 is 0 Å². The average molecular weight is 180 g/mol. The zero-order valence-electron chi connectivity index (χ0n) is 2.63. The third-order valence-corrected chi connectivity index (χ3v) is 0. The van der Waals surface area contributed by atoms with E-state index in [1.54, 1.807) is 0 Å². The van der Waals surface area contributed by atoms with Crippen LogP contribution in [0.25, 0.3) is 0 Å². The molecule has 0 amide bonds. The minimum atomic E-state index is 0. The van der Waals surface area contributed by atoms with Gasteiger partial charge in [-0.25, -0.2) is 0 Å². The molecule has 6 heavy (non-hydrogen) atoms. The Balaban J connectivity index is -0.00000000667. The summed E-state index contributed by atoms with van der Waals surface area (Å²) in [6.07, 6.45) is 0. The first kappa shape index (κ1) is 28.1. The predicted molar refractivity (Wildman–Crippen MR) is 22.5 cm³/mol. The van der Waals surface area contributed by atoms with Crippen LogP contribution >= 0.6 is 20.2 Å². The van der Waals surface area contributed by atoms with Crippen LogP contribution in [0.15, 0.2) is 0 Å². The molecule has 45 valence electrons. The second-order valence-electron chi connectivity index (χ2n) is 0.0540. The Labute approximate surface area is 50.2 Å². The molecule has 0 aromatic carbocycles. The van der Waals surface area contributed by atoms with Crippen LogP contribution in [0.2, 0.25) is 0 Å². The number of hydrogen-bond donors (Lipinski definition) is 0. The fourth-order valence-corrected chi connectivity index (χ4v) is 0. The molecule has 0 aliphatic heterocycles. The molecule has 0 unspecified atom stereocenters. The van der Waals surface area contributed by atoms with Crippen LogP contribution in [0.1, 0.15) is 0 Å². The molecular weight excluding hydrogens is 174 g/mol. The van der Waals surface area contributed by atoms with E-state index in [0.717, 1.165) is 0 Å². The summed E-state index contributed by atoms with van der Waals surface area (Å²) in [7, 11) is 9.59. The van der Waals surface area contributed by atoms with E-state index in [0.29, 0.717) is 0 Å². The molecule has 3 nitrogen and oxygen atoms in total. The molecule has 0 fully saturated rings. The van der Waals surface area contributed by atoms with Crippen molar-refractivity contribution in [2.75, 3.05) is 0 Å². The fraction of sp³-hybridized carbons (Fsp3) is 0. The second-order valence-corrected chi connectivity index (χ2v) is 2.00. The van der Waals surface area contributed by atoms with Crippen LogP contribution in [0.3, 0.4) is 0 Å². The van der Waals surface area contributed by atoms with Gasteiger partial charge in [0.2, 0.25) is 0 Å². The van der Waals surface area contributed by atoms with E-state index in [4.69, 9.17) is 20.2 Å². The standard InChI is InChI=1S/2ClH.Mn.3H2O/h2*1H;;3*1H2/q;;+2;;;/p-2. The Kier molecular flexibility index (Phi) is 177. The van der Waals surface area contributed by atoms with Gasteiger partial charge in [-0.1, -0.05) is 0 Å². The molecule has 0 saturated heterocycles. The van der Waals surface area contributed by atoms with Crippen molar-refractivity contribution in [2.45, 2.75) is 0 Å². The quantitative estimate of drug-likeness (QED) is 0.423. The topological polar surface area (TPSA) is 94.5 Å². The van der Waals surface area contributed by atoms with E-state index >= 15 is 0 Å². The summed E-state index contributed by atoms with van der Waals surface area (Å²) in [5, 5.41) is 0. The Bertz CT molecular complexity index is 8.75. The molecule has 0 atom stereocenters. The van der Waals surface area contributed by atoms with E-state index in [2.05, 4.69) is 0 Å². The van der Waals surface area contributed by atoms with Gasteiger partial charge in [-0.3, -0.25) is 0 Å². The summed E-state index contributed by atoms with van der Waals surface area (Å²) in [5.74, 6) is 0. The van der Waals surface area contributed by atoms with Gasteiger partial charge >= 0.3 is 33.3 Å². The molecule has 6 N–H and O–H groups in total. The van der Waals surface area contributed by atoms with Crippen LogP contribution in [0.4, 0.5) is 0 Å². The van der Waals surface area contributed by atoms with Crippen molar-refractivity contribution in [3.05, 3.63) is 0 Å². The summed E-state index contributed by atoms with van der Waals surface area (Å²) < 4.78 is 0. The van der Waals surface area contributed by atoms with E-state index in [-0.39, 0.29) is 29.6 Å². The molecular formula is H6Cl2MnO3. The second kappa shape index (κ2) is 37.8. The van der Waals surface area contributed by atoms with Crippen molar-refractivity contribution in [1.29, 1.82) is 0 Å². The number of rotatable bonds is 0. The molecule has 0 rings (SSSR count). The van der Waals surface area contributed by atoms with Crippen molar-refractivity contribution in [3.8, 4) is 0 Å². The Hall–Kier alpha value is 0.979. The molecule has 0 saturated carbocycles. The normalized spacial score (nSPS) is 3.00. The Morgan fingerprint density at radius 1 is 0.833 bits per heavy atom. The van der Waals surface area contributed by atoms with Crippen LogP contribution in [0.5, 0.6) is 0 Å². The van der Waals surface area contributed by atoms with Crippen LogP contribution in [-0.2, 0) is 13.1 Å². The maximum atomic E-state index is 4.80. The summed E-state index contributed by atoms with van der Waals surface area (Å²) in [5.41, 5.74) is 0. The van der Waals surface area contributed by atoms with E-state index in [9.17, 15) is 0 Å². The van der Waals surface area contributed by atoms with Crippen molar-refractivity contribution < 1.29 is 29.6 Å². The van der Waals surface area contributed by atoms with Gasteiger partial charge < -0.3 is 16.4 Å². The summed E-state index contributed by atoms with van der Waals surface area (Å²) in [6.45, 7) is 0. The van der Waals surface area contributed by atoms with Gasteiger partial charge in [-0.2, -0.15) is 0 Å². The first-order valence-electron chi connectivity index (χ1n) is 0.286. The van der Waals surface area contributed by atoms with Crippen molar-refractivity contribution >= 4 is 20.2 Å². The van der Waals surface area contributed by atoms with Crippen molar-refractivity contribution in [2.24, 2.45) is 0 Å². The molecule has 0 heterocycles. The SMILES string of the molecule is O.O.O.[Cl][Mn][Cl]. The molecule has 0 aliphatic rings. The van der Waals surface area contributed by atoms with E-state index in [1.807, 2.05) is 0 Å². The van der Waals surface area contributed by atoms with Crippen LogP contribution in [-0.4, -0.2) is 16.4 Å². The summed E-state index contributed by atoms with van der Waals surface area (Å²) in [6, 6.07) is 0. The summed E-state index contributed by atoms with van der Waals surface area (Å²) >= 11 is 0.00694.